The van der Waals surface area contributed by atoms with E-state index in [1.807, 2.05) is 0 Å². The number of allylic oxidation sites excluding steroid dienone is 1. The van der Waals surface area contributed by atoms with Gasteiger partial charge >= 0.3 is 0 Å². The van der Waals surface area contributed by atoms with Crippen LogP contribution in [-0.2, 0) is 0 Å². The number of hydrogen-bond donors (Lipinski definition) is 0. The van der Waals surface area contributed by atoms with Crippen molar-refractivity contribution >= 4 is 11.6 Å². The van der Waals surface area contributed by atoms with Crippen LogP contribution in [0.15, 0.2) is 12.7 Å². The molecule has 0 rings (SSSR count). The van der Waals surface area contributed by atoms with Crippen molar-refractivity contribution in [3.8, 4) is 11.8 Å². The highest BCUT2D eigenvalue weighted by atomic mass is 35.5. The second-order valence-corrected chi connectivity index (χ2v) is 1.43. The summed E-state index contributed by atoms with van der Waals surface area (Å²) in [5.41, 5.74) is 0. The molecule has 0 aliphatic carbocycles. The Morgan fingerprint density at radius 1 is 1.71 bits per heavy atom. The highest BCUT2D eigenvalue weighted by Gasteiger charge is 1.84. The lowest BCUT2D eigenvalue weighted by Crippen LogP contribution is -1.82. The van der Waals surface area contributed by atoms with E-state index >= 15 is 0 Å². The molecule has 1 unspecified atom stereocenters. The first-order chi connectivity index (χ1) is 3.31. The van der Waals surface area contributed by atoms with E-state index in [9.17, 15) is 0 Å². The molecule has 0 heterocycles. The molecule has 1 radical (unpaired) electrons. The molecule has 0 spiro atoms. The third-order valence-corrected chi connectivity index (χ3v) is 0.734. The number of rotatable bonds is 1. The summed E-state index contributed by atoms with van der Waals surface area (Å²) in [4.78, 5) is 0. The lowest BCUT2D eigenvalue weighted by atomic mass is 10.4. The molecule has 0 aromatic rings. The van der Waals surface area contributed by atoms with Crippen LogP contribution in [0.1, 0.15) is 0 Å². The van der Waals surface area contributed by atoms with Gasteiger partial charge in [0.1, 0.15) is 5.38 Å². The zero-order chi connectivity index (χ0) is 5.70. The van der Waals surface area contributed by atoms with Gasteiger partial charge in [-0.05, 0) is 0 Å². The van der Waals surface area contributed by atoms with Gasteiger partial charge in [-0.3, -0.25) is 0 Å². The Labute approximate surface area is 49.2 Å². The van der Waals surface area contributed by atoms with Gasteiger partial charge in [-0.2, -0.15) is 0 Å². The molecule has 1 atom stereocenters. The van der Waals surface area contributed by atoms with Crippen LogP contribution in [0, 0.1) is 18.8 Å². The van der Waals surface area contributed by atoms with Crippen molar-refractivity contribution in [1.29, 1.82) is 0 Å². The average Bonchev–Trinajstić information content (AvgIpc) is 1.68. The summed E-state index contributed by atoms with van der Waals surface area (Å²) in [6.07, 6.45) is 1.56. The quantitative estimate of drug-likeness (QED) is 0.275. The predicted molar refractivity (Wildman–Crippen MR) is 33.0 cm³/mol. The summed E-state index contributed by atoms with van der Waals surface area (Å²) >= 11 is 5.43. The van der Waals surface area contributed by atoms with Crippen LogP contribution < -0.4 is 0 Å². The van der Waals surface area contributed by atoms with Gasteiger partial charge < -0.3 is 0 Å². The average molecular weight is 114 g/mol. The van der Waals surface area contributed by atoms with E-state index in [2.05, 4.69) is 25.3 Å². The van der Waals surface area contributed by atoms with Crippen LogP contribution in [0.25, 0.3) is 0 Å². The Morgan fingerprint density at radius 2 is 2.29 bits per heavy atom. The SMILES string of the molecule is [CH2]C#CC(Cl)C=C. The van der Waals surface area contributed by atoms with Crippen LogP contribution in [0.4, 0.5) is 0 Å². The lowest BCUT2D eigenvalue weighted by molar-refractivity contribution is 1.49. The van der Waals surface area contributed by atoms with E-state index < -0.39 is 0 Å². The van der Waals surface area contributed by atoms with Crippen molar-refractivity contribution in [2.75, 3.05) is 0 Å². The molecular weight excluding hydrogens is 108 g/mol. The Morgan fingerprint density at radius 3 is 2.43 bits per heavy atom. The van der Waals surface area contributed by atoms with Gasteiger partial charge in [0.2, 0.25) is 0 Å². The first-order valence-electron chi connectivity index (χ1n) is 1.85. The lowest BCUT2D eigenvalue weighted by Gasteiger charge is -1.83. The summed E-state index contributed by atoms with van der Waals surface area (Å²) in [6, 6.07) is 0. The largest absolute Gasteiger partial charge is 0.112 e. The summed E-state index contributed by atoms with van der Waals surface area (Å²) in [7, 11) is 0. The normalized spacial score (nSPS) is 11.1. The third kappa shape index (κ3) is 3.42. The van der Waals surface area contributed by atoms with Gasteiger partial charge in [0, 0.05) is 6.92 Å². The van der Waals surface area contributed by atoms with Crippen LogP contribution >= 0.6 is 11.6 Å². The van der Waals surface area contributed by atoms with Gasteiger partial charge in [0.05, 0.1) is 0 Å². The van der Waals surface area contributed by atoms with Gasteiger partial charge in [-0.25, -0.2) is 0 Å². The monoisotopic (exact) mass is 113 g/mol. The van der Waals surface area contributed by atoms with Crippen molar-refractivity contribution in [3.05, 3.63) is 19.6 Å². The summed E-state index contributed by atoms with van der Waals surface area (Å²) < 4.78 is 0. The minimum Gasteiger partial charge on any atom is -0.104 e. The van der Waals surface area contributed by atoms with E-state index in [4.69, 9.17) is 11.6 Å². The minimum atomic E-state index is -0.238. The highest BCUT2D eigenvalue weighted by Crippen LogP contribution is 1.91. The summed E-state index contributed by atoms with van der Waals surface area (Å²) in [5, 5.41) is -0.238. The van der Waals surface area contributed by atoms with Crippen molar-refractivity contribution in [3.63, 3.8) is 0 Å². The van der Waals surface area contributed by atoms with Gasteiger partial charge in [0.15, 0.2) is 0 Å². The third-order valence-electron chi connectivity index (χ3n) is 0.447. The van der Waals surface area contributed by atoms with Crippen LogP contribution in [0.3, 0.4) is 0 Å². The molecule has 0 saturated carbocycles. The molecule has 0 amide bonds. The molecule has 7 heavy (non-hydrogen) atoms. The zero-order valence-corrected chi connectivity index (χ0v) is 4.70. The molecule has 0 fully saturated rings. The predicted octanol–water partition coefficient (Wildman–Crippen LogP) is 1.62. The Bertz CT molecular complexity index is 105. The summed E-state index contributed by atoms with van der Waals surface area (Å²) in [5.74, 6) is 5.00. The number of halogens is 1. The second-order valence-electron chi connectivity index (χ2n) is 0.959. The second kappa shape index (κ2) is 3.77. The maximum Gasteiger partial charge on any atom is 0.112 e. The first-order valence-corrected chi connectivity index (χ1v) is 2.29. The number of alkyl halides is 1. The molecule has 0 nitrogen and oxygen atoms in total. The molecule has 0 aromatic heterocycles. The highest BCUT2D eigenvalue weighted by molar-refractivity contribution is 6.23. The molecule has 0 aromatic carbocycles. The Kier molecular flexibility index (Phi) is 3.55. The van der Waals surface area contributed by atoms with Crippen molar-refractivity contribution in [2.45, 2.75) is 5.38 Å². The first kappa shape index (κ1) is 6.59. The van der Waals surface area contributed by atoms with Gasteiger partial charge in [-0.15, -0.1) is 24.1 Å². The summed E-state index contributed by atoms with van der Waals surface area (Å²) in [6.45, 7) is 6.70. The van der Waals surface area contributed by atoms with Crippen LogP contribution in [0.5, 0.6) is 0 Å². The molecular formula is C6H6Cl. The maximum absolute atomic E-state index is 5.43. The van der Waals surface area contributed by atoms with E-state index in [0.717, 1.165) is 0 Å². The van der Waals surface area contributed by atoms with E-state index in [0.29, 0.717) is 0 Å². The van der Waals surface area contributed by atoms with E-state index in [1.54, 1.807) is 6.08 Å². The minimum absolute atomic E-state index is 0.238. The molecule has 0 saturated heterocycles. The fourth-order valence-electron chi connectivity index (χ4n) is 0.156. The molecule has 0 aliphatic rings. The van der Waals surface area contributed by atoms with E-state index in [-0.39, 0.29) is 5.38 Å². The zero-order valence-electron chi connectivity index (χ0n) is 3.95. The van der Waals surface area contributed by atoms with E-state index in [1.165, 1.54) is 0 Å². The standard InChI is InChI=1S/C6H6Cl/c1-3-5-6(7)4-2/h4,6H,1-2H2. The molecule has 0 aliphatic heterocycles. The Balaban J connectivity index is 3.49. The molecule has 0 bridgehead atoms. The fourth-order valence-corrected chi connectivity index (χ4v) is 0.234. The van der Waals surface area contributed by atoms with Crippen LogP contribution in [0.2, 0.25) is 0 Å². The molecule has 37 valence electrons. The van der Waals surface area contributed by atoms with Crippen molar-refractivity contribution in [1.82, 2.24) is 0 Å². The van der Waals surface area contributed by atoms with Crippen molar-refractivity contribution < 1.29 is 0 Å². The van der Waals surface area contributed by atoms with Gasteiger partial charge in [0.25, 0.3) is 0 Å². The molecule has 0 N–H and O–H groups in total. The smallest absolute Gasteiger partial charge is 0.104 e. The van der Waals surface area contributed by atoms with Gasteiger partial charge in [-0.1, -0.05) is 12.0 Å². The maximum atomic E-state index is 5.43. The Hall–Kier alpha value is -0.410. The van der Waals surface area contributed by atoms with Crippen molar-refractivity contribution in [2.24, 2.45) is 0 Å². The topological polar surface area (TPSA) is 0 Å². The fraction of sp³-hybridized carbons (Fsp3) is 0.167. The molecule has 1 heteroatoms. The van der Waals surface area contributed by atoms with Crippen LogP contribution in [-0.4, -0.2) is 5.38 Å². The number of hydrogen-bond acceptors (Lipinski definition) is 0.